The highest BCUT2D eigenvalue weighted by molar-refractivity contribution is 8.01. The van der Waals surface area contributed by atoms with Crippen LogP contribution in [0.4, 0.5) is 5.69 Å². The molecule has 7 nitrogen and oxygen atoms in total. The number of phenolic OH excluding ortho intramolecular Hbond substituents is 1. The Morgan fingerprint density at radius 2 is 1.75 bits per heavy atom. The van der Waals surface area contributed by atoms with E-state index in [1.807, 2.05) is 12.1 Å². The Bertz CT molecular complexity index is 1170. The summed E-state index contributed by atoms with van der Waals surface area (Å²) in [7, 11) is 1.69. The third kappa shape index (κ3) is 6.79. The highest BCUT2D eigenvalue weighted by Crippen LogP contribution is 2.46. The van der Waals surface area contributed by atoms with E-state index in [1.54, 1.807) is 19.2 Å². The van der Waals surface area contributed by atoms with E-state index in [4.69, 9.17) is 4.74 Å². The first-order chi connectivity index (χ1) is 17.6. The predicted molar refractivity (Wildman–Crippen MR) is 144 cm³/mol. The van der Waals surface area contributed by atoms with Crippen LogP contribution in [-0.2, 0) is 24.2 Å². The van der Waals surface area contributed by atoms with Crippen molar-refractivity contribution in [3.8, 4) is 11.5 Å². The molecule has 1 aliphatic rings. The molecule has 1 aliphatic heterocycles. The molecule has 1 unspecified atom stereocenters. The predicted octanol–water partition coefficient (Wildman–Crippen LogP) is 3.64. The molecule has 5 N–H and O–H groups in total. The van der Waals surface area contributed by atoms with Gasteiger partial charge in [-0.05, 0) is 66.4 Å². The lowest BCUT2D eigenvalue weighted by atomic mass is 10.1. The summed E-state index contributed by atoms with van der Waals surface area (Å²) < 4.78 is 5.29. The van der Waals surface area contributed by atoms with Crippen molar-refractivity contribution in [3.05, 3.63) is 82.9 Å². The molecule has 4 rings (SSSR count). The number of aromatic hydroxyl groups is 1. The number of thioether (sulfide) groups is 1. The number of aliphatic hydroxyl groups excluding tert-OH is 1. The lowest BCUT2D eigenvalue weighted by Gasteiger charge is -2.16. The SMILES string of the molecule is COc1cccc(CCNCc2cccc(CCNC[C@H](O)c3ccc(O)c4c3SC(C=O)N4)c2)c1. The largest absolute Gasteiger partial charge is 0.506 e. The molecule has 0 amide bonds. The van der Waals surface area contributed by atoms with Crippen molar-refractivity contribution in [3.63, 3.8) is 0 Å². The van der Waals surface area contributed by atoms with E-state index in [0.717, 1.165) is 49.4 Å². The van der Waals surface area contributed by atoms with Gasteiger partial charge in [0.1, 0.15) is 16.9 Å². The summed E-state index contributed by atoms with van der Waals surface area (Å²) in [5, 5.41) is 30.1. The number of methoxy groups -OCH3 is 1. The third-order valence-corrected chi connectivity index (χ3v) is 7.31. The highest BCUT2D eigenvalue weighted by Gasteiger charge is 2.28. The fourth-order valence-electron chi connectivity index (χ4n) is 4.25. The van der Waals surface area contributed by atoms with Crippen LogP contribution >= 0.6 is 11.8 Å². The molecule has 2 atom stereocenters. The maximum absolute atomic E-state index is 11.1. The number of anilines is 1. The molecular weight excluding hydrogens is 474 g/mol. The van der Waals surface area contributed by atoms with Crippen LogP contribution in [-0.4, -0.2) is 48.6 Å². The van der Waals surface area contributed by atoms with Crippen molar-refractivity contribution >= 4 is 23.7 Å². The van der Waals surface area contributed by atoms with E-state index in [1.165, 1.54) is 28.5 Å². The first-order valence-corrected chi connectivity index (χ1v) is 13.0. The number of carbonyl (C=O) groups excluding carboxylic acids is 1. The third-order valence-electron chi connectivity index (χ3n) is 6.15. The first-order valence-electron chi connectivity index (χ1n) is 12.1. The minimum Gasteiger partial charge on any atom is -0.506 e. The molecule has 3 aromatic rings. The van der Waals surface area contributed by atoms with Gasteiger partial charge in [0, 0.05) is 18.0 Å². The molecule has 0 spiro atoms. The minimum atomic E-state index is -0.737. The van der Waals surface area contributed by atoms with Gasteiger partial charge < -0.3 is 35.7 Å². The number of benzene rings is 3. The number of carbonyl (C=O) groups is 1. The maximum Gasteiger partial charge on any atom is 0.152 e. The number of hydrogen-bond acceptors (Lipinski definition) is 8. The van der Waals surface area contributed by atoms with Crippen LogP contribution in [0.15, 0.2) is 65.6 Å². The van der Waals surface area contributed by atoms with Crippen LogP contribution in [0.25, 0.3) is 0 Å². The summed E-state index contributed by atoms with van der Waals surface area (Å²) >= 11 is 1.31. The smallest absolute Gasteiger partial charge is 0.152 e. The zero-order chi connectivity index (χ0) is 25.3. The Morgan fingerprint density at radius 3 is 2.53 bits per heavy atom. The zero-order valence-corrected chi connectivity index (χ0v) is 21.2. The molecule has 0 fully saturated rings. The number of hydrogen-bond donors (Lipinski definition) is 5. The lowest BCUT2D eigenvalue weighted by Crippen LogP contribution is -2.24. The van der Waals surface area contributed by atoms with Crippen molar-refractivity contribution in [2.45, 2.75) is 35.8 Å². The van der Waals surface area contributed by atoms with Gasteiger partial charge in [-0.3, -0.25) is 0 Å². The van der Waals surface area contributed by atoms with Crippen molar-refractivity contribution in [1.29, 1.82) is 0 Å². The summed E-state index contributed by atoms with van der Waals surface area (Å²) in [5.41, 5.74) is 4.96. The van der Waals surface area contributed by atoms with E-state index in [2.05, 4.69) is 52.3 Å². The number of aldehydes is 1. The van der Waals surface area contributed by atoms with E-state index in [-0.39, 0.29) is 5.75 Å². The van der Waals surface area contributed by atoms with Gasteiger partial charge in [0.15, 0.2) is 6.29 Å². The molecule has 1 heterocycles. The normalized spacial score (nSPS) is 15.2. The Labute approximate surface area is 216 Å². The molecule has 8 heteroatoms. The van der Waals surface area contributed by atoms with Gasteiger partial charge in [0.05, 0.1) is 18.9 Å². The number of aliphatic hydroxyl groups is 1. The number of ether oxygens (including phenoxy) is 1. The Hall–Kier alpha value is -3.04. The Kier molecular flexibility index (Phi) is 9.24. The summed E-state index contributed by atoms with van der Waals surface area (Å²) in [6.07, 6.45) is 1.85. The highest BCUT2D eigenvalue weighted by atomic mass is 32.2. The van der Waals surface area contributed by atoms with Gasteiger partial charge in [0.2, 0.25) is 0 Å². The molecule has 36 heavy (non-hydrogen) atoms. The van der Waals surface area contributed by atoms with Crippen molar-refractivity contribution < 1.29 is 19.7 Å². The molecule has 0 aliphatic carbocycles. The first kappa shape index (κ1) is 26.0. The fraction of sp³-hybridized carbons (Fsp3) is 0.321. The zero-order valence-electron chi connectivity index (χ0n) is 20.4. The molecule has 0 bridgehead atoms. The van der Waals surface area contributed by atoms with Gasteiger partial charge in [0.25, 0.3) is 0 Å². The number of phenols is 1. The van der Waals surface area contributed by atoms with Gasteiger partial charge in [-0.2, -0.15) is 0 Å². The second-order valence-corrected chi connectivity index (χ2v) is 9.92. The molecule has 0 aromatic heterocycles. The van der Waals surface area contributed by atoms with Crippen LogP contribution < -0.4 is 20.7 Å². The Morgan fingerprint density at radius 1 is 1.03 bits per heavy atom. The van der Waals surface area contributed by atoms with Crippen molar-refractivity contribution in [2.24, 2.45) is 0 Å². The van der Waals surface area contributed by atoms with Crippen LogP contribution in [0.1, 0.15) is 28.4 Å². The topological polar surface area (TPSA) is 103 Å². The number of nitrogens with one attached hydrogen (secondary N) is 3. The summed E-state index contributed by atoms with van der Waals surface area (Å²) in [6.45, 7) is 2.81. The van der Waals surface area contributed by atoms with Crippen LogP contribution in [0, 0.1) is 0 Å². The van der Waals surface area contributed by atoms with E-state index in [0.29, 0.717) is 17.8 Å². The lowest BCUT2D eigenvalue weighted by molar-refractivity contribution is -0.107. The monoisotopic (exact) mass is 507 g/mol. The average molecular weight is 508 g/mol. The summed E-state index contributed by atoms with van der Waals surface area (Å²) in [5.74, 6) is 0.969. The van der Waals surface area contributed by atoms with Gasteiger partial charge in [-0.25, -0.2) is 0 Å². The summed E-state index contributed by atoms with van der Waals surface area (Å²) in [6, 6.07) is 20.0. The standard InChI is InChI=1S/C28H33N3O4S/c1-35-22-7-3-5-20(15-22)11-12-29-16-21-6-2-4-19(14-21)10-13-30-17-25(34)23-8-9-24(33)27-28(23)36-26(18-32)31-27/h2-9,14-15,18,25-26,29-31,33-34H,10-13,16-17H2,1H3/t25-,26?/m0/s1. The van der Waals surface area contributed by atoms with Crippen LogP contribution in [0.2, 0.25) is 0 Å². The van der Waals surface area contributed by atoms with Crippen molar-refractivity contribution in [1.82, 2.24) is 10.6 Å². The number of fused-ring (bicyclic) bond motifs is 1. The number of rotatable bonds is 13. The molecule has 190 valence electrons. The molecular formula is C28H33N3O4S. The minimum absolute atomic E-state index is 0.0837. The average Bonchev–Trinajstić information content (AvgIpc) is 3.35. The van der Waals surface area contributed by atoms with Gasteiger partial charge in [-0.15, -0.1) is 0 Å². The van der Waals surface area contributed by atoms with Gasteiger partial charge in [-0.1, -0.05) is 54.2 Å². The van der Waals surface area contributed by atoms with Gasteiger partial charge >= 0.3 is 0 Å². The molecule has 3 aromatic carbocycles. The van der Waals surface area contributed by atoms with E-state index in [9.17, 15) is 15.0 Å². The second-order valence-electron chi connectivity index (χ2n) is 8.77. The Balaban J connectivity index is 1.20. The second kappa shape index (κ2) is 12.8. The van der Waals surface area contributed by atoms with Crippen molar-refractivity contribution in [2.75, 3.05) is 32.1 Å². The molecule has 0 radical (unpaired) electrons. The maximum atomic E-state index is 11.1. The molecule has 0 saturated heterocycles. The van der Waals surface area contributed by atoms with Crippen LogP contribution in [0.5, 0.6) is 11.5 Å². The fourth-order valence-corrected chi connectivity index (χ4v) is 5.36. The quantitative estimate of drug-likeness (QED) is 0.136. The molecule has 0 saturated carbocycles. The van der Waals surface area contributed by atoms with Crippen LogP contribution in [0.3, 0.4) is 0 Å². The van der Waals surface area contributed by atoms with E-state index >= 15 is 0 Å². The summed E-state index contributed by atoms with van der Waals surface area (Å²) in [4.78, 5) is 11.9. The van der Waals surface area contributed by atoms with E-state index < -0.39 is 11.5 Å².